The number of carbonyl (C=O) groups is 1. The predicted octanol–water partition coefficient (Wildman–Crippen LogP) is 4.92. The van der Waals surface area contributed by atoms with Crippen molar-refractivity contribution in [1.29, 1.82) is 0 Å². The molecule has 0 saturated heterocycles. The third-order valence-electron chi connectivity index (χ3n) is 5.38. The van der Waals surface area contributed by atoms with Crippen LogP contribution in [-0.4, -0.2) is 29.2 Å². The number of rotatable bonds is 8. The van der Waals surface area contributed by atoms with Crippen LogP contribution in [0.5, 0.6) is 11.5 Å². The number of carbonyl (C=O) groups excluding carboxylic acids is 1. The molecule has 4 rings (SSSR count). The molecule has 1 amide bonds. The van der Waals surface area contributed by atoms with Gasteiger partial charge in [0.25, 0.3) is 5.91 Å². The number of benzene rings is 3. The van der Waals surface area contributed by atoms with Gasteiger partial charge < -0.3 is 19.4 Å². The summed E-state index contributed by atoms with van der Waals surface area (Å²) in [6, 6.07) is 22.8. The molecular formula is C26H27N3O3. The van der Waals surface area contributed by atoms with Crippen molar-refractivity contribution in [3.8, 4) is 11.5 Å². The van der Waals surface area contributed by atoms with E-state index < -0.39 is 0 Å². The third kappa shape index (κ3) is 4.59. The Kier molecular flexibility index (Phi) is 6.40. The van der Waals surface area contributed by atoms with Gasteiger partial charge in [-0.25, -0.2) is 4.98 Å². The molecule has 1 unspecified atom stereocenters. The van der Waals surface area contributed by atoms with E-state index in [9.17, 15) is 4.79 Å². The zero-order valence-corrected chi connectivity index (χ0v) is 18.5. The minimum Gasteiger partial charge on any atom is -0.496 e. The molecule has 3 aromatic carbocycles. The number of amides is 1. The second kappa shape index (κ2) is 9.56. The van der Waals surface area contributed by atoms with Crippen LogP contribution in [0.4, 0.5) is 0 Å². The zero-order valence-electron chi connectivity index (χ0n) is 18.5. The first-order chi connectivity index (χ1) is 15.6. The molecule has 1 aromatic heterocycles. The number of aryl methyl sites for hydroxylation is 1. The largest absolute Gasteiger partial charge is 0.496 e. The summed E-state index contributed by atoms with van der Waals surface area (Å²) in [5, 5.41) is 3.06. The highest BCUT2D eigenvalue weighted by molar-refractivity contribution is 5.97. The van der Waals surface area contributed by atoms with Crippen LogP contribution in [0.25, 0.3) is 11.0 Å². The van der Waals surface area contributed by atoms with E-state index in [1.54, 1.807) is 19.2 Å². The number of methoxy groups -OCH3 is 1. The Hall–Kier alpha value is -3.80. The Labute approximate surface area is 187 Å². The molecule has 6 nitrogen and oxygen atoms in total. The second-order valence-electron chi connectivity index (χ2n) is 7.67. The Bertz CT molecular complexity index is 1210. The van der Waals surface area contributed by atoms with Crippen molar-refractivity contribution < 1.29 is 14.3 Å². The number of hydrogen-bond acceptors (Lipinski definition) is 4. The fraction of sp³-hybridized carbons (Fsp3) is 0.231. The average molecular weight is 430 g/mol. The molecule has 4 aromatic rings. The summed E-state index contributed by atoms with van der Waals surface area (Å²) in [4.78, 5) is 17.7. The van der Waals surface area contributed by atoms with Crippen LogP contribution >= 0.6 is 0 Å². The van der Waals surface area contributed by atoms with Gasteiger partial charge in [-0.2, -0.15) is 0 Å². The topological polar surface area (TPSA) is 65.4 Å². The molecule has 0 aliphatic rings. The molecule has 0 bridgehead atoms. The van der Waals surface area contributed by atoms with Gasteiger partial charge in [0.2, 0.25) is 0 Å². The predicted molar refractivity (Wildman–Crippen MR) is 125 cm³/mol. The van der Waals surface area contributed by atoms with Gasteiger partial charge in [0.05, 0.1) is 36.3 Å². The summed E-state index contributed by atoms with van der Waals surface area (Å²) >= 11 is 0. The van der Waals surface area contributed by atoms with E-state index >= 15 is 0 Å². The van der Waals surface area contributed by atoms with Gasteiger partial charge >= 0.3 is 0 Å². The number of hydrogen-bond donors (Lipinski definition) is 1. The van der Waals surface area contributed by atoms with Crippen molar-refractivity contribution in [1.82, 2.24) is 14.9 Å². The highest BCUT2D eigenvalue weighted by Crippen LogP contribution is 2.23. The van der Waals surface area contributed by atoms with E-state index in [1.807, 2.05) is 74.5 Å². The van der Waals surface area contributed by atoms with E-state index in [2.05, 4.69) is 9.88 Å². The summed E-state index contributed by atoms with van der Waals surface area (Å²) in [5.41, 5.74) is 3.58. The normalized spacial score (nSPS) is 11.8. The van der Waals surface area contributed by atoms with Gasteiger partial charge in [-0.3, -0.25) is 4.79 Å². The van der Waals surface area contributed by atoms with Gasteiger partial charge in [-0.1, -0.05) is 42.0 Å². The van der Waals surface area contributed by atoms with E-state index in [-0.39, 0.29) is 11.9 Å². The Morgan fingerprint density at radius 1 is 1.03 bits per heavy atom. The van der Waals surface area contributed by atoms with Crippen LogP contribution in [0, 0.1) is 6.92 Å². The van der Waals surface area contributed by atoms with E-state index in [4.69, 9.17) is 14.5 Å². The first-order valence-corrected chi connectivity index (χ1v) is 10.7. The number of ether oxygens (including phenoxy) is 2. The van der Waals surface area contributed by atoms with Crippen LogP contribution in [0.3, 0.4) is 0 Å². The smallest absolute Gasteiger partial charge is 0.255 e. The van der Waals surface area contributed by atoms with E-state index in [0.29, 0.717) is 24.5 Å². The molecule has 32 heavy (non-hydrogen) atoms. The van der Waals surface area contributed by atoms with Crippen molar-refractivity contribution >= 4 is 16.9 Å². The van der Waals surface area contributed by atoms with Crippen molar-refractivity contribution in [3.05, 3.63) is 89.7 Å². The van der Waals surface area contributed by atoms with Crippen molar-refractivity contribution in [2.75, 3.05) is 13.7 Å². The molecule has 6 heteroatoms. The molecule has 0 aliphatic heterocycles. The van der Waals surface area contributed by atoms with Crippen LogP contribution in [0.1, 0.15) is 34.7 Å². The summed E-state index contributed by atoms with van der Waals surface area (Å²) in [6.45, 7) is 5.09. The number of para-hydroxylation sites is 3. The molecule has 1 atom stereocenters. The molecule has 164 valence electrons. The van der Waals surface area contributed by atoms with Crippen LogP contribution in [-0.2, 0) is 6.54 Å². The zero-order chi connectivity index (χ0) is 22.5. The number of aromatic nitrogens is 2. The van der Waals surface area contributed by atoms with Gasteiger partial charge in [0.1, 0.15) is 23.9 Å². The molecule has 1 heterocycles. The molecule has 1 N–H and O–H groups in total. The lowest BCUT2D eigenvalue weighted by Crippen LogP contribution is -2.29. The van der Waals surface area contributed by atoms with E-state index in [1.165, 1.54) is 5.56 Å². The van der Waals surface area contributed by atoms with E-state index in [0.717, 1.165) is 22.6 Å². The number of nitrogens with one attached hydrogen (secondary N) is 1. The molecular weight excluding hydrogens is 402 g/mol. The lowest BCUT2D eigenvalue weighted by atomic mass is 10.1. The summed E-state index contributed by atoms with van der Waals surface area (Å²) in [7, 11) is 1.56. The van der Waals surface area contributed by atoms with Crippen LogP contribution < -0.4 is 14.8 Å². The molecule has 0 radical (unpaired) electrons. The maximum absolute atomic E-state index is 12.9. The minimum atomic E-state index is -0.306. The fourth-order valence-corrected chi connectivity index (χ4v) is 3.72. The molecule has 0 spiro atoms. The molecule has 0 aliphatic carbocycles. The lowest BCUT2D eigenvalue weighted by molar-refractivity contribution is 0.0934. The Balaban J connectivity index is 1.54. The Morgan fingerprint density at radius 2 is 1.75 bits per heavy atom. The maximum atomic E-state index is 12.9. The Morgan fingerprint density at radius 3 is 2.53 bits per heavy atom. The third-order valence-corrected chi connectivity index (χ3v) is 5.38. The van der Waals surface area contributed by atoms with Crippen molar-refractivity contribution in [2.24, 2.45) is 0 Å². The summed E-state index contributed by atoms with van der Waals surface area (Å²) < 4.78 is 13.4. The van der Waals surface area contributed by atoms with Gasteiger partial charge in [-0.05, 0) is 50.2 Å². The first kappa shape index (κ1) is 21.4. The summed E-state index contributed by atoms with van der Waals surface area (Å²) in [5.74, 6) is 1.95. The van der Waals surface area contributed by atoms with Crippen molar-refractivity contribution in [2.45, 2.75) is 26.4 Å². The number of fused-ring (bicyclic) bond motifs is 1. The first-order valence-electron chi connectivity index (χ1n) is 10.7. The maximum Gasteiger partial charge on any atom is 0.255 e. The monoisotopic (exact) mass is 429 g/mol. The second-order valence-corrected chi connectivity index (χ2v) is 7.67. The summed E-state index contributed by atoms with van der Waals surface area (Å²) in [6.07, 6.45) is 0. The van der Waals surface area contributed by atoms with Crippen LogP contribution in [0.2, 0.25) is 0 Å². The molecule has 0 saturated carbocycles. The molecule has 0 fully saturated rings. The quantitative estimate of drug-likeness (QED) is 0.432. The average Bonchev–Trinajstić information content (AvgIpc) is 3.19. The number of nitrogens with zero attached hydrogens (tertiary/aromatic N) is 2. The highest BCUT2D eigenvalue weighted by atomic mass is 16.5. The van der Waals surface area contributed by atoms with Gasteiger partial charge in [-0.15, -0.1) is 0 Å². The number of imidazole rings is 1. The van der Waals surface area contributed by atoms with Gasteiger partial charge in [0.15, 0.2) is 0 Å². The highest BCUT2D eigenvalue weighted by Gasteiger charge is 2.20. The fourth-order valence-electron chi connectivity index (χ4n) is 3.72. The van der Waals surface area contributed by atoms with Crippen LogP contribution in [0.15, 0.2) is 72.8 Å². The van der Waals surface area contributed by atoms with Gasteiger partial charge in [0, 0.05) is 0 Å². The standard InChI is InChI=1S/C26H27N3O3/c1-18-12-14-20(15-13-18)32-17-16-29-23-10-6-5-9-22(23)28-25(29)19(2)27-26(30)21-8-4-7-11-24(21)31-3/h4-15,19H,16-17H2,1-3H3,(H,27,30). The minimum absolute atomic E-state index is 0.204. The lowest BCUT2D eigenvalue weighted by Gasteiger charge is -2.17. The SMILES string of the molecule is COc1ccccc1C(=O)NC(C)c1nc2ccccc2n1CCOc1ccc(C)cc1. The van der Waals surface area contributed by atoms with Crippen molar-refractivity contribution in [3.63, 3.8) is 0 Å².